The molecule has 0 atom stereocenters. The quantitative estimate of drug-likeness (QED) is 0.899. The number of nitrogens with two attached hydrogens (primary N) is 1. The van der Waals surface area contributed by atoms with Crippen molar-refractivity contribution in [2.24, 2.45) is 0 Å². The highest BCUT2D eigenvalue weighted by atomic mass is 35.5. The number of halogens is 2. The van der Waals surface area contributed by atoms with Crippen LogP contribution in [0.15, 0.2) is 28.8 Å². The first-order valence-electron chi connectivity index (χ1n) is 4.44. The highest BCUT2D eigenvalue weighted by molar-refractivity contribution is 6.32. The van der Waals surface area contributed by atoms with Gasteiger partial charge in [-0.15, -0.1) is 0 Å². The molecule has 1 aromatic carbocycles. The third kappa shape index (κ3) is 2.43. The molecule has 84 valence electrons. The van der Waals surface area contributed by atoms with E-state index in [0.29, 0.717) is 11.4 Å². The van der Waals surface area contributed by atoms with Gasteiger partial charge in [0.25, 0.3) is 0 Å². The van der Waals surface area contributed by atoms with Crippen molar-refractivity contribution >= 4 is 17.5 Å². The number of aromatic nitrogens is 1. The zero-order chi connectivity index (χ0) is 11.5. The van der Waals surface area contributed by atoms with Gasteiger partial charge in [-0.1, -0.05) is 16.8 Å². The SMILES string of the molecule is Nc1cc(COc2ccc(F)cc2Cl)no1. The fourth-order valence-electron chi connectivity index (χ4n) is 1.14. The number of nitrogen functional groups attached to an aromatic ring is 1. The Balaban J connectivity index is 2.04. The minimum Gasteiger partial charge on any atom is -0.486 e. The summed E-state index contributed by atoms with van der Waals surface area (Å²) in [6.45, 7) is 0.159. The fourth-order valence-corrected chi connectivity index (χ4v) is 1.36. The summed E-state index contributed by atoms with van der Waals surface area (Å²) in [4.78, 5) is 0. The summed E-state index contributed by atoms with van der Waals surface area (Å²) in [6, 6.07) is 5.42. The van der Waals surface area contributed by atoms with E-state index in [4.69, 9.17) is 22.1 Å². The standard InChI is InChI=1S/C10H8ClFN2O2/c11-8-3-6(12)1-2-9(8)15-5-7-4-10(13)16-14-7/h1-4H,5,13H2. The van der Waals surface area contributed by atoms with E-state index >= 15 is 0 Å². The summed E-state index contributed by atoms with van der Waals surface area (Å²) in [6.07, 6.45) is 0. The first-order valence-corrected chi connectivity index (χ1v) is 4.82. The number of ether oxygens (including phenoxy) is 1. The average molecular weight is 243 g/mol. The monoisotopic (exact) mass is 242 g/mol. The molecule has 2 aromatic rings. The maximum absolute atomic E-state index is 12.7. The van der Waals surface area contributed by atoms with Crippen molar-refractivity contribution in [3.05, 3.63) is 40.8 Å². The minimum atomic E-state index is -0.414. The Bertz CT molecular complexity index is 501. The predicted octanol–water partition coefficient (Wildman–Crippen LogP) is 2.63. The van der Waals surface area contributed by atoms with Gasteiger partial charge in [0, 0.05) is 6.07 Å². The van der Waals surface area contributed by atoms with E-state index in [1.807, 2.05) is 0 Å². The molecule has 1 heterocycles. The molecule has 0 radical (unpaired) electrons. The zero-order valence-corrected chi connectivity index (χ0v) is 8.87. The van der Waals surface area contributed by atoms with Crippen molar-refractivity contribution in [1.82, 2.24) is 5.16 Å². The van der Waals surface area contributed by atoms with Gasteiger partial charge in [0.15, 0.2) is 0 Å². The molecule has 0 saturated carbocycles. The Morgan fingerprint density at radius 1 is 1.44 bits per heavy atom. The Hall–Kier alpha value is -1.75. The van der Waals surface area contributed by atoms with Crippen molar-refractivity contribution in [1.29, 1.82) is 0 Å². The van der Waals surface area contributed by atoms with Crippen molar-refractivity contribution in [3.63, 3.8) is 0 Å². The van der Waals surface area contributed by atoms with Gasteiger partial charge < -0.3 is 15.0 Å². The molecule has 2 N–H and O–H groups in total. The first kappa shape index (κ1) is 10.8. The smallest absolute Gasteiger partial charge is 0.222 e. The molecule has 0 amide bonds. The van der Waals surface area contributed by atoms with Gasteiger partial charge in [-0.3, -0.25) is 0 Å². The van der Waals surface area contributed by atoms with Gasteiger partial charge in [0.1, 0.15) is 23.9 Å². The molecule has 0 bridgehead atoms. The van der Waals surface area contributed by atoms with Crippen LogP contribution in [0.3, 0.4) is 0 Å². The fraction of sp³-hybridized carbons (Fsp3) is 0.100. The van der Waals surface area contributed by atoms with Gasteiger partial charge in [0.05, 0.1) is 5.02 Å². The zero-order valence-electron chi connectivity index (χ0n) is 8.11. The van der Waals surface area contributed by atoms with E-state index in [9.17, 15) is 4.39 Å². The maximum atomic E-state index is 12.7. The molecule has 0 fully saturated rings. The lowest BCUT2D eigenvalue weighted by molar-refractivity contribution is 0.290. The number of hydrogen-bond donors (Lipinski definition) is 1. The van der Waals surface area contributed by atoms with Crippen LogP contribution in [-0.2, 0) is 6.61 Å². The third-order valence-corrected chi connectivity index (χ3v) is 2.14. The van der Waals surface area contributed by atoms with Crippen molar-refractivity contribution in [2.75, 3.05) is 5.73 Å². The summed E-state index contributed by atoms with van der Waals surface area (Å²) in [5.74, 6) is 0.177. The van der Waals surface area contributed by atoms with Crippen LogP contribution >= 0.6 is 11.6 Å². The summed E-state index contributed by atoms with van der Waals surface area (Å²) in [5.41, 5.74) is 5.88. The average Bonchev–Trinajstić information content (AvgIpc) is 2.63. The van der Waals surface area contributed by atoms with E-state index in [1.54, 1.807) is 0 Å². The van der Waals surface area contributed by atoms with Crippen LogP contribution in [0, 0.1) is 5.82 Å². The molecule has 0 aliphatic heterocycles. The van der Waals surface area contributed by atoms with Crippen LogP contribution in [0.25, 0.3) is 0 Å². The second kappa shape index (κ2) is 4.40. The maximum Gasteiger partial charge on any atom is 0.222 e. The number of anilines is 1. The van der Waals surface area contributed by atoms with Gasteiger partial charge in [-0.2, -0.15) is 0 Å². The Labute approximate surface area is 95.7 Å². The van der Waals surface area contributed by atoms with E-state index in [-0.39, 0.29) is 17.5 Å². The lowest BCUT2D eigenvalue weighted by Gasteiger charge is -2.05. The van der Waals surface area contributed by atoms with E-state index in [1.165, 1.54) is 24.3 Å². The minimum absolute atomic E-state index is 0.159. The number of benzene rings is 1. The summed E-state index contributed by atoms with van der Waals surface area (Å²) in [7, 11) is 0. The molecule has 0 unspecified atom stereocenters. The number of nitrogens with zero attached hydrogens (tertiary/aromatic N) is 1. The molecule has 6 heteroatoms. The number of hydrogen-bond acceptors (Lipinski definition) is 4. The number of rotatable bonds is 3. The molecule has 2 rings (SSSR count). The van der Waals surface area contributed by atoms with E-state index in [2.05, 4.69) is 9.68 Å². The molecule has 0 aliphatic carbocycles. The molecule has 0 spiro atoms. The lowest BCUT2D eigenvalue weighted by Crippen LogP contribution is -1.96. The highest BCUT2D eigenvalue weighted by Gasteiger charge is 2.05. The van der Waals surface area contributed by atoms with Gasteiger partial charge in [-0.25, -0.2) is 4.39 Å². The van der Waals surface area contributed by atoms with Crippen LogP contribution in [0.1, 0.15) is 5.69 Å². The molecule has 4 nitrogen and oxygen atoms in total. The topological polar surface area (TPSA) is 61.3 Å². The van der Waals surface area contributed by atoms with E-state index in [0.717, 1.165) is 0 Å². The van der Waals surface area contributed by atoms with Crippen molar-refractivity contribution in [3.8, 4) is 5.75 Å². The Kier molecular flexibility index (Phi) is 2.96. The highest BCUT2D eigenvalue weighted by Crippen LogP contribution is 2.25. The normalized spacial score (nSPS) is 10.4. The molecule has 0 aliphatic rings. The van der Waals surface area contributed by atoms with Crippen LogP contribution in [0.5, 0.6) is 5.75 Å². The first-order chi connectivity index (χ1) is 7.65. The van der Waals surface area contributed by atoms with Gasteiger partial charge in [0.2, 0.25) is 5.88 Å². The van der Waals surface area contributed by atoms with Gasteiger partial charge in [-0.05, 0) is 18.2 Å². The van der Waals surface area contributed by atoms with Gasteiger partial charge >= 0.3 is 0 Å². The van der Waals surface area contributed by atoms with Crippen LogP contribution in [0.2, 0.25) is 5.02 Å². The van der Waals surface area contributed by atoms with Crippen LogP contribution in [-0.4, -0.2) is 5.16 Å². The van der Waals surface area contributed by atoms with Crippen LogP contribution < -0.4 is 10.5 Å². The van der Waals surface area contributed by atoms with Crippen molar-refractivity contribution in [2.45, 2.75) is 6.61 Å². The summed E-state index contributed by atoms with van der Waals surface area (Å²) in [5, 5.41) is 3.84. The molecular weight excluding hydrogens is 235 g/mol. The molecular formula is C10H8ClFN2O2. The second-order valence-corrected chi connectivity index (χ2v) is 3.49. The molecule has 16 heavy (non-hydrogen) atoms. The second-order valence-electron chi connectivity index (χ2n) is 3.08. The third-order valence-electron chi connectivity index (χ3n) is 1.85. The lowest BCUT2D eigenvalue weighted by atomic mass is 10.3. The largest absolute Gasteiger partial charge is 0.486 e. The van der Waals surface area contributed by atoms with E-state index < -0.39 is 5.82 Å². The Morgan fingerprint density at radius 2 is 2.25 bits per heavy atom. The van der Waals surface area contributed by atoms with Crippen LogP contribution in [0.4, 0.5) is 10.3 Å². The summed E-state index contributed by atoms with van der Waals surface area (Å²) >= 11 is 5.77. The molecule has 0 saturated heterocycles. The predicted molar refractivity (Wildman–Crippen MR) is 56.7 cm³/mol. The van der Waals surface area contributed by atoms with Crippen molar-refractivity contribution < 1.29 is 13.7 Å². The summed E-state index contributed by atoms with van der Waals surface area (Å²) < 4.78 is 22.7. The molecule has 1 aromatic heterocycles. The Morgan fingerprint density at radius 3 is 2.88 bits per heavy atom.